The van der Waals surface area contributed by atoms with E-state index in [2.05, 4.69) is 63.8 Å². The van der Waals surface area contributed by atoms with Crippen LogP contribution in [0, 0.1) is 11.3 Å². The van der Waals surface area contributed by atoms with E-state index in [0.717, 1.165) is 25.0 Å². The Morgan fingerprint density at radius 1 is 0.913 bits per heavy atom. The monoisotopic (exact) mass is 618 g/mol. The lowest BCUT2D eigenvalue weighted by atomic mass is 9.81. The van der Waals surface area contributed by atoms with E-state index in [4.69, 9.17) is 9.47 Å². The lowest BCUT2D eigenvalue weighted by molar-refractivity contribution is -0.128. The zero-order valence-corrected chi connectivity index (χ0v) is 28.6. The summed E-state index contributed by atoms with van der Waals surface area (Å²) in [6.45, 7) is 18.4. The molecular weight excluding hydrogens is 568 g/mol. The molecule has 0 heterocycles. The van der Waals surface area contributed by atoms with Crippen LogP contribution >= 0.6 is 0 Å². The molecule has 4 heteroatoms. The van der Waals surface area contributed by atoms with Crippen LogP contribution in [0.2, 0.25) is 0 Å². The molecule has 242 valence electrons. The van der Waals surface area contributed by atoms with Crippen LogP contribution in [0.25, 0.3) is 0 Å². The highest BCUT2D eigenvalue weighted by Gasteiger charge is 2.27. The van der Waals surface area contributed by atoms with Gasteiger partial charge in [0.15, 0.2) is 5.78 Å². The molecule has 2 aromatic carbocycles. The highest BCUT2D eigenvalue weighted by molar-refractivity contribution is 6.10. The molecule has 0 spiro atoms. The number of ketones is 2. The van der Waals surface area contributed by atoms with Gasteiger partial charge in [-0.25, -0.2) is 0 Å². The maximum atomic E-state index is 13.2. The maximum absolute atomic E-state index is 13.2. The van der Waals surface area contributed by atoms with E-state index in [9.17, 15) is 9.59 Å². The van der Waals surface area contributed by atoms with Gasteiger partial charge in [0.2, 0.25) is 0 Å². The molecule has 0 radical (unpaired) electrons. The van der Waals surface area contributed by atoms with Crippen LogP contribution in [0.3, 0.4) is 0 Å². The second-order valence-electron chi connectivity index (χ2n) is 13.5. The highest BCUT2D eigenvalue weighted by atomic mass is 16.5. The zero-order chi connectivity index (χ0) is 33.7. The molecule has 0 bridgehead atoms. The molecule has 0 aromatic heterocycles. The third-order valence-corrected chi connectivity index (χ3v) is 7.72. The van der Waals surface area contributed by atoms with Crippen LogP contribution in [-0.2, 0) is 14.9 Å². The molecule has 1 aliphatic rings. The Morgan fingerprint density at radius 2 is 1.57 bits per heavy atom. The second-order valence-corrected chi connectivity index (χ2v) is 13.5. The highest BCUT2D eigenvalue weighted by Crippen LogP contribution is 2.29. The Kier molecular flexibility index (Phi) is 13.1. The third-order valence-electron chi connectivity index (χ3n) is 7.72. The summed E-state index contributed by atoms with van der Waals surface area (Å²) in [6, 6.07) is 15.3. The number of benzene rings is 2. The van der Waals surface area contributed by atoms with E-state index in [1.807, 2.05) is 70.2 Å². The van der Waals surface area contributed by atoms with E-state index >= 15 is 0 Å². The molecule has 0 saturated carbocycles. The van der Waals surface area contributed by atoms with Gasteiger partial charge < -0.3 is 9.47 Å². The van der Waals surface area contributed by atoms with Crippen molar-refractivity contribution in [2.75, 3.05) is 6.61 Å². The Bertz CT molecular complexity index is 1530. The van der Waals surface area contributed by atoms with E-state index in [1.54, 1.807) is 30.4 Å². The summed E-state index contributed by atoms with van der Waals surface area (Å²) in [5, 5.41) is 0. The van der Waals surface area contributed by atoms with E-state index < -0.39 is 0 Å². The molecule has 1 aliphatic carbocycles. The number of Topliss-reactive ketones (excluding diaryl/α,β-unsaturated/α-hetero) is 2. The molecule has 0 N–H and O–H groups in total. The van der Waals surface area contributed by atoms with Gasteiger partial charge in [0.25, 0.3) is 0 Å². The topological polar surface area (TPSA) is 52.6 Å². The van der Waals surface area contributed by atoms with Gasteiger partial charge in [0.05, 0.1) is 0 Å². The summed E-state index contributed by atoms with van der Waals surface area (Å²) in [5.41, 5.74) is 3.43. The number of hydrogen-bond acceptors (Lipinski definition) is 4. The largest absolute Gasteiger partial charge is 0.490 e. The molecule has 0 amide bonds. The molecule has 0 saturated heterocycles. The van der Waals surface area contributed by atoms with E-state index in [-0.39, 0.29) is 28.3 Å². The minimum absolute atomic E-state index is 0.0582. The molecule has 4 nitrogen and oxygen atoms in total. The van der Waals surface area contributed by atoms with Gasteiger partial charge >= 0.3 is 0 Å². The molecule has 0 fully saturated rings. The fourth-order valence-electron chi connectivity index (χ4n) is 4.97. The Morgan fingerprint density at radius 3 is 2.15 bits per heavy atom. The van der Waals surface area contributed by atoms with Crippen molar-refractivity contribution >= 4 is 11.6 Å². The van der Waals surface area contributed by atoms with Crippen molar-refractivity contribution in [2.24, 2.45) is 11.3 Å². The van der Waals surface area contributed by atoms with E-state index in [1.165, 1.54) is 11.1 Å². The summed E-state index contributed by atoms with van der Waals surface area (Å²) < 4.78 is 11.9. The Labute approximate surface area is 276 Å². The van der Waals surface area contributed by atoms with Crippen molar-refractivity contribution in [1.82, 2.24) is 0 Å². The summed E-state index contributed by atoms with van der Waals surface area (Å²) in [5.74, 6) is 2.26. The molecule has 0 aliphatic heterocycles. The SMILES string of the molecule is C=C/C=C(\C=C/CC1=CCC(C(=O)C(C)(C)C)C=CC1)OC/C=C\C(=C/C)C(=O)c1ccc(Oc2ccc(C(C)(C)C)cc2)cc1. The van der Waals surface area contributed by atoms with Gasteiger partial charge in [0.1, 0.15) is 29.6 Å². The zero-order valence-electron chi connectivity index (χ0n) is 28.6. The molecule has 1 atom stereocenters. The predicted octanol–water partition coefficient (Wildman–Crippen LogP) is 11.0. The molecule has 46 heavy (non-hydrogen) atoms. The first kappa shape index (κ1) is 36.0. The number of carbonyl (C=O) groups excluding carboxylic acids is 2. The first-order chi connectivity index (χ1) is 21.8. The van der Waals surface area contributed by atoms with Crippen molar-refractivity contribution < 1.29 is 19.1 Å². The third kappa shape index (κ3) is 11.2. The van der Waals surface area contributed by atoms with Crippen molar-refractivity contribution in [3.8, 4) is 11.5 Å². The number of carbonyl (C=O) groups is 2. The molecule has 3 rings (SSSR count). The van der Waals surface area contributed by atoms with Crippen LogP contribution in [-0.4, -0.2) is 18.2 Å². The average molecular weight is 619 g/mol. The van der Waals surface area contributed by atoms with Gasteiger partial charge in [-0.05, 0) is 91.8 Å². The summed E-state index contributed by atoms with van der Waals surface area (Å²) in [7, 11) is 0. The number of ether oxygens (including phenoxy) is 2. The van der Waals surface area contributed by atoms with Gasteiger partial charge in [-0.3, -0.25) is 9.59 Å². The Balaban J connectivity index is 1.52. The van der Waals surface area contributed by atoms with Gasteiger partial charge in [-0.2, -0.15) is 0 Å². The number of rotatable bonds is 13. The van der Waals surface area contributed by atoms with Gasteiger partial charge in [0, 0.05) is 22.5 Å². The minimum Gasteiger partial charge on any atom is -0.490 e. The first-order valence-corrected chi connectivity index (χ1v) is 16.1. The summed E-state index contributed by atoms with van der Waals surface area (Å²) in [4.78, 5) is 25.9. The van der Waals surface area contributed by atoms with Crippen molar-refractivity contribution in [3.05, 3.63) is 144 Å². The van der Waals surface area contributed by atoms with Crippen LogP contribution < -0.4 is 4.74 Å². The lowest BCUT2D eigenvalue weighted by Crippen LogP contribution is -2.26. The standard InChI is InChI=1S/C42H50O4/c1-9-14-36(19-12-16-31-15-11-17-34(21-20-31)40(44)42(6,7)8)45-30-13-18-32(10-2)39(43)33-22-26-37(27-23-33)46-38-28-24-35(25-29-38)41(3,4)5/h9-14,17-20,22-29,34H,1,15-16,21,30H2,2-8H3/b18-13-,19-12-,32-10+,36-14+. The van der Waals surface area contributed by atoms with Crippen LogP contribution in [0.4, 0.5) is 0 Å². The van der Waals surface area contributed by atoms with Crippen LogP contribution in [0.15, 0.2) is 133 Å². The minimum atomic E-state index is -0.342. The van der Waals surface area contributed by atoms with Gasteiger partial charge in [-0.15, -0.1) is 0 Å². The van der Waals surface area contributed by atoms with Crippen molar-refractivity contribution in [3.63, 3.8) is 0 Å². The van der Waals surface area contributed by atoms with Crippen molar-refractivity contribution in [1.29, 1.82) is 0 Å². The first-order valence-electron chi connectivity index (χ1n) is 16.1. The van der Waals surface area contributed by atoms with Crippen LogP contribution in [0.1, 0.15) is 83.7 Å². The Hall–Kier alpha value is -4.44. The lowest BCUT2D eigenvalue weighted by Gasteiger charge is -2.21. The van der Waals surface area contributed by atoms with Crippen LogP contribution in [0.5, 0.6) is 11.5 Å². The smallest absolute Gasteiger partial charge is 0.192 e. The van der Waals surface area contributed by atoms with E-state index in [0.29, 0.717) is 29.3 Å². The second kappa shape index (κ2) is 16.7. The normalized spacial score (nSPS) is 16.3. The number of hydrogen-bond donors (Lipinski definition) is 0. The molecular formula is C42H50O4. The van der Waals surface area contributed by atoms with Gasteiger partial charge in [-0.1, -0.05) is 108 Å². The van der Waals surface area contributed by atoms with Crippen molar-refractivity contribution in [2.45, 2.75) is 73.1 Å². The fraction of sp³-hybridized carbons (Fsp3) is 0.333. The fourth-order valence-corrected chi connectivity index (χ4v) is 4.97. The summed E-state index contributed by atoms with van der Waals surface area (Å²) >= 11 is 0. The number of allylic oxidation sites excluding steroid dienone is 11. The molecule has 2 aromatic rings. The summed E-state index contributed by atoms with van der Waals surface area (Å²) in [6.07, 6.45) is 21.6. The average Bonchev–Trinajstić information content (AvgIpc) is 3.26. The predicted molar refractivity (Wildman–Crippen MR) is 191 cm³/mol. The maximum Gasteiger partial charge on any atom is 0.192 e. The molecule has 1 unspecified atom stereocenters. The quantitative estimate of drug-likeness (QED) is 0.0737.